The van der Waals surface area contributed by atoms with Crippen molar-refractivity contribution in [3.8, 4) is 5.75 Å². The van der Waals surface area contributed by atoms with Crippen molar-refractivity contribution in [2.75, 3.05) is 13.7 Å². The van der Waals surface area contributed by atoms with Gasteiger partial charge >= 0.3 is 0 Å². The van der Waals surface area contributed by atoms with Crippen molar-refractivity contribution in [2.45, 2.75) is 26.4 Å². The highest BCUT2D eigenvalue weighted by Gasteiger charge is 2.34. The Balaban J connectivity index is 2.12. The Labute approximate surface area is 131 Å². The van der Waals surface area contributed by atoms with Crippen LogP contribution >= 0.6 is 0 Å². The van der Waals surface area contributed by atoms with E-state index in [-0.39, 0.29) is 17.9 Å². The normalized spacial score (nSPS) is 17.5. The summed E-state index contributed by atoms with van der Waals surface area (Å²) in [6.45, 7) is 5.47. The Hall–Kier alpha value is -2.23. The predicted molar refractivity (Wildman–Crippen MR) is 85.8 cm³/mol. The molecule has 1 aromatic heterocycles. The molecule has 1 atom stereocenters. The quantitative estimate of drug-likeness (QED) is 0.872. The molecule has 0 saturated heterocycles. The first kappa shape index (κ1) is 14.7. The van der Waals surface area contributed by atoms with Crippen LogP contribution in [-0.2, 0) is 11.3 Å². The fourth-order valence-electron chi connectivity index (χ4n) is 3.17. The van der Waals surface area contributed by atoms with Crippen LogP contribution in [0.25, 0.3) is 0 Å². The molecular weight excluding hydrogens is 276 g/mol. The van der Waals surface area contributed by atoms with Gasteiger partial charge in [-0.05, 0) is 18.2 Å². The minimum Gasteiger partial charge on any atom is -0.496 e. The van der Waals surface area contributed by atoms with Gasteiger partial charge in [-0.2, -0.15) is 0 Å². The van der Waals surface area contributed by atoms with Gasteiger partial charge in [0.25, 0.3) is 0 Å². The molecular formula is C18H22N2O2. The number of benzene rings is 1. The highest BCUT2D eigenvalue weighted by Crippen LogP contribution is 2.37. The largest absolute Gasteiger partial charge is 0.496 e. The molecule has 1 amide bonds. The first-order valence-electron chi connectivity index (χ1n) is 7.72. The van der Waals surface area contributed by atoms with Gasteiger partial charge in [-0.15, -0.1) is 0 Å². The number of nitrogens with zero attached hydrogens (tertiary/aromatic N) is 2. The van der Waals surface area contributed by atoms with Gasteiger partial charge in [-0.25, -0.2) is 0 Å². The van der Waals surface area contributed by atoms with E-state index in [9.17, 15) is 4.79 Å². The van der Waals surface area contributed by atoms with Crippen LogP contribution in [0.3, 0.4) is 0 Å². The lowest BCUT2D eigenvalue weighted by Crippen LogP contribution is -2.44. The van der Waals surface area contributed by atoms with E-state index in [1.165, 1.54) is 0 Å². The summed E-state index contributed by atoms with van der Waals surface area (Å²) in [4.78, 5) is 14.7. The van der Waals surface area contributed by atoms with Crippen molar-refractivity contribution >= 4 is 5.91 Å². The van der Waals surface area contributed by atoms with Crippen LogP contribution in [0.1, 0.15) is 31.1 Å². The average Bonchev–Trinajstić information content (AvgIpc) is 3.01. The molecule has 4 nitrogen and oxygen atoms in total. The molecule has 0 spiro atoms. The third-order valence-electron chi connectivity index (χ3n) is 4.25. The van der Waals surface area contributed by atoms with Crippen molar-refractivity contribution in [3.63, 3.8) is 0 Å². The lowest BCUT2D eigenvalue weighted by atomic mass is 9.97. The number of rotatable bonds is 3. The standard InChI is InChI=1S/C18H22N2O2/c1-13(2)18(21)20-12-11-19-10-6-8-15(19)17(20)14-7-4-5-9-16(14)22-3/h4-10,13,17H,11-12H2,1-3H3. The lowest BCUT2D eigenvalue weighted by Gasteiger charge is -2.38. The molecule has 0 aliphatic carbocycles. The molecule has 0 fully saturated rings. The second-order valence-corrected chi connectivity index (χ2v) is 5.96. The van der Waals surface area contributed by atoms with Crippen molar-refractivity contribution in [3.05, 3.63) is 53.9 Å². The van der Waals surface area contributed by atoms with E-state index in [2.05, 4.69) is 16.8 Å². The molecule has 0 radical (unpaired) electrons. The fraction of sp³-hybridized carbons (Fsp3) is 0.389. The van der Waals surface area contributed by atoms with Crippen LogP contribution in [-0.4, -0.2) is 29.0 Å². The SMILES string of the molecule is COc1ccccc1C1c2cccn2CCN1C(=O)C(C)C. The number of carbonyl (C=O) groups is 1. The molecule has 2 heterocycles. The van der Waals surface area contributed by atoms with Gasteiger partial charge in [0.15, 0.2) is 0 Å². The van der Waals surface area contributed by atoms with Crippen molar-refractivity contribution < 1.29 is 9.53 Å². The highest BCUT2D eigenvalue weighted by atomic mass is 16.5. The Bertz CT molecular complexity index is 675. The molecule has 0 N–H and O–H groups in total. The van der Waals surface area contributed by atoms with E-state index in [0.717, 1.165) is 30.1 Å². The van der Waals surface area contributed by atoms with E-state index in [4.69, 9.17) is 4.74 Å². The van der Waals surface area contributed by atoms with E-state index in [1.807, 2.05) is 49.1 Å². The van der Waals surface area contributed by atoms with Gasteiger partial charge in [0, 0.05) is 36.5 Å². The summed E-state index contributed by atoms with van der Waals surface area (Å²) in [5, 5.41) is 0. The maximum Gasteiger partial charge on any atom is 0.226 e. The van der Waals surface area contributed by atoms with E-state index in [1.54, 1.807) is 7.11 Å². The molecule has 4 heteroatoms. The summed E-state index contributed by atoms with van der Waals surface area (Å²) >= 11 is 0. The van der Waals surface area contributed by atoms with Crippen molar-refractivity contribution in [1.82, 2.24) is 9.47 Å². The van der Waals surface area contributed by atoms with Crippen molar-refractivity contribution in [1.29, 1.82) is 0 Å². The number of hydrogen-bond donors (Lipinski definition) is 0. The van der Waals surface area contributed by atoms with Crippen LogP contribution in [0.5, 0.6) is 5.75 Å². The zero-order valence-corrected chi connectivity index (χ0v) is 13.3. The van der Waals surface area contributed by atoms with Gasteiger partial charge < -0.3 is 14.2 Å². The Kier molecular flexibility index (Phi) is 3.92. The number of aromatic nitrogens is 1. The molecule has 116 valence electrons. The number of fused-ring (bicyclic) bond motifs is 1. The number of amides is 1. The molecule has 3 rings (SSSR count). The van der Waals surface area contributed by atoms with Crippen LogP contribution < -0.4 is 4.74 Å². The van der Waals surface area contributed by atoms with E-state index < -0.39 is 0 Å². The number of ether oxygens (including phenoxy) is 1. The van der Waals surface area contributed by atoms with Gasteiger partial charge in [-0.3, -0.25) is 4.79 Å². The summed E-state index contributed by atoms with van der Waals surface area (Å²) in [7, 11) is 1.68. The van der Waals surface area contributed by atoms with Crippen LogP contribution in [0, 0.1) is 5.92 Å². The zero-order chi connectivity index (χ0) is 15.7. The molecule has 1 aliphatic heterocycles. The molecule has 1 aliphatic rings. The summed E-state index contributed by atoms with van der Waals surface area (Å²) in [5.41, 5.74) is 2.18. The maximum absolute atomic E-state index is 12.7. The Morgan fingerprint density at radius 2 is 1.95 bits per heavy atom. The molecule has 2 aromatic rings. The minimum absolute atomic E-state index is 0.0151. The van der Waals surface area contributed by atoms with Crippen LogP contribution in [0.2, 0.25) is 0 Å². The topological polar surface area (TPSA) is 34.5 Å². The molecule has 1 unspecified atom stereocenters. The number of methoxy groups -OCH3 is 1. The highest BCUT2D eigenvalue weighted by molar-refractivity contribution is 5.79. The number of hydrogen-bond acceptors (Lipinski definition) is 2. The minimum atomic E-state index is -0.0881. The van der Waals surface area contributed by atoms with Gasteiger partial charge in [0.05, 0.1) is 7.11 Å². The molecule has 22 heavy (non-hydrogen) atoms. The maximum atomic E-state index is 12.7. The number of carbonyl (C=O) groups excluding carboxylic acids is 1. The van der Waals surface area contributed by atoms with Gasteiger partial charge in [-0.1, -0.05) is 32.0 Å². The number of para-hydroxylation sites is 1. The van der Waals surface area contributed by atoms with E-state index in [0.29, 0.717) is 0 Å². The predicted octanol–water partition coefficient (Wildman–Crippen LogP) is 3.08. The second kappa shape index (κ2) is 5.87. The third kappa shape index (κ3) is 2.39. The van der Waals surface area contributed by atoms with Gasteiger partial charge in [0.2, 0.25) is 5.91 Å². The molecule has 0 bridgehead atoms. The summed E-state index contributed by atoms with van der Waals surface area (Å²) < 4.78 is 7.75. The van der Waals surface area contributed by atoms with E-state index >= 15 is 0 Å². The monoisotopic (exact) mass is 298 g/mol. The first-order chi connectivity index (χ1) is 10.6. The van der Waals surface area contributed by atoms with Crippen LogP contribution in [0.4, 0.5) is 0 Å². The third-order valence-corrected chi connectivity index (χ3v) is 4.25. The lowest BCUT2D eigenvalue weighted by molar-refractivity contribution is -0.137. The Morgan fingerprint density at radius 1 is 1.18 bits per heavy atom. The Morgan fingerprint density at radius 3 is 2.68 bits per heavy atom. The van der Waals surface area contributed by atoms with Gasteiger partial charge in [0.1, 0.15) is 11.8 Å². The zero-order valence-electron chi connectivity index (χ0n) is 13.3. The first-order valence-corrected chi connectivity index (χ1v) is 7.72. The summed E-state index contributed by atoms with van der Waals surface area (Å²) in [6.07, 6.45) is 2.08. The molecule has 1 aromatic carbocycles. The smallest absolute Gasteiger partial charge is 0.226 e. The fourth-order valence-corrected chi connectivity index (χ4v) is 3.17. The summed E-state index contributed by atoms with van der Waals surface area (Å²) in [5.74, 6) is 0.991. The molecule has 0 saturated carbocycles. The van der Waals surface area contributed by atoms with Crippen molar-refractivity contribution in [2.24, 2.45) is 5.92 Å². The summed E-state index contributed by atoms with van der Waals surface area (Å²) in [6, 6.07) is 12.0. The second-order valence-electron chi connectivity index (χ2n) is 5.96. The van der Waals surface area contributed by atoms with Crippen LogP contribution in [0.15, 0.2) is 42.6 Å². The average molecular weight is 298 g/mol.